The maximum atomic E-state index is 13.4. The lowest BCUT2D eigenvalue weighted by molar-refractivity contribution is 0.0595. The zero-order valence-corrected chi connectivity index (χ0v) is 20.3. The molecule has 0 unspecified atom stereocenters. The summed E-state index contributed by atoms with van der Waals surface area (Å²) in [5.41, 5.74) is 3.47. The number of piperidine rings is 1. The van der Waals surface area contributed by atoms with Crippen LogP contribution in [0.3, 0.4) is 0 Å². The Balaban J connectivity index is 1.19. The molecule has 1 saturated heterocycles. The fourth-order valence-corrected chi connectivity index (χ4v) is 5.69. The summed E-state index contributed by atoms with van der Waals surface area (Å²) in [5, 5.41) is 5.52. The quantitative estimate of drug-likeness (QED) is 0.443. The fourth-order valence-electron chi connectivity index (χ4n) is 5.69. The van der Waals surface area contributed by atoms with Crippen LogP contribution in [0.2, 0.25) is 0 Å². The Morgan fingerprint density at radius 1 is 0.944 bits per heavy atom. The first-order valence-corrected chi connectivity index (χ1v) is 12.5. The summed E-state index contributed by atoms with van der Waals surface area (Å²) >= 11 is 0. The van der Waals surface area contributed by atoms with E-state index in [1.165, 1.54) is 0 Å². The second kappa shape index (κ2) is 9.19. The van der Waals surface area contributed by atoms with Crippen molar-refractivity contribution in [2.45, 2.75) is 25.4 Å². The molecule has 6 rings (SSSR count). The minimum absolute atomic E-state index is 0.0185. The van der Waals surface area contributed by atoms with Crippen LogP contribution in [0.1, 0.15) is 34.0 Å². The smallest absolute Gasteiger partial charge is 0.274 e. The van der Waals surface area contributed by atoms with E-state index < -0.39 is 0 Å². The zero-order valence-electron chi connectivity index (χ0n) is 20.3. The summed E-state index contributed by atoms with van der Waals surface area (Å²) in [6.07, 6.45) is 1.01. The molecule has 0 aliphatic carbocycles. The van der Waals surface area contributed by atoms with Gasteiger partial charge in [-0.3, -0.25) is 9.59 Å². The number of anilines is 1. The molecule has 182 valence electrons. The summed E-state index contributed by atoms with van der Waals surface area (Å²) in [5.74, 6) is 1.33. The van der Waals surface area contributed by atoms with Crippen LogP contribution in [-0.2, 0) is 13.1 Å². The molecule has 0 spiro atoms. The second-order valence-corrected chi connectivity index (χ2v) is 9.86. The van der Waals surface area contributed by atoms with Crippen LogP contribution in [0.25, 0.3) is 10.8 Å². The number of ether oxygens (including phenoxy) is 1. The lowest BCUT2D eigenvalue weighted by Gasteiger charge is -2.43. The highest BCUT2D eigenvalue weighted by molar-refractivity contribution is 5.98. The lowest BCUT2D eigenvalue weighted by atomic mass is 9.83. The number of pyridine rings is 1. The minimum atomic E-state index is 0.0185. The van der Waals surface area contributed by atoms with Crippen molar-refractivity contribution in [2.75, 3.05) is 25.5 Å². The molecule has 1 aromatic heterocycles. The summed E-state index contributed by atoms with van der Waals surface area (Å²) in [4.78, 5) is 28.7. The molecule has 4 aromatic rings. The van der Waals surface area contributed by atoms with Crippen LogP contribution in [0, 0.1) is 5.92 Å². The number of aromatic nitrogens is 1. The van der Waals surface area contributed by atoms with Crippen LogP contribution >= 0.6 is 0 Å². The summed E-state index contributed by atoms with van der Waals surface area (Å²) in [6.45, 7) is 2.53. The van der Waals surface area contributed by atoms with Gasteiger partial charge < -0.3 is 19.5 Å². The number of likely N-dealkylation sites (tertiary alicyclic amines) is 1. The van der Waals surface area contributed by atoms with E-state index in [-0.39, 0.29) is 23.3 Å². The molecule has 3 aromatic carbocycles. The second-order valence-electron chi connectivity index (χ2n) is 9.86. The molecule has 1 amide bonds. The van der Waals surface area contributed by atoms with Crippen LogP contribution in [0.4, 0.5) is 5.69 Å². The van der Waals surface area contributed by atoms with Gasteiger partial charge in [-0.1, -0.05) is 42.5 Å². The molecule has 2 atom stereocenters. The third kappa shape index (κ3) is 4.13. The topological polar surface area (TPSA) is 63.6 Å². The first-order chi connectivity index (χ1) is 17.6. The molecule has 2 aliphatic rings. The van der Waals surface area contributed by atoms with Crippen molar-refractivity contribution in [1.29, 1.82) is 0 Å². The number of methoxy groups -OCH3 is 1. The molecular weight excluding hydrogens is 450 g/mol. The third-order valence-corrected chi connectivity index (χ3v) is 7.53. The van der Waals surface area contributed by atoms with E-state index in [2.05, 4.69) is 17.4 Å². The van der Waals surface area contributed by atoms with Gasteiger partial charge in [0, 0.05) is 43.4 Å². The van der Waals surface area contributed by atoms with E-state index in [0.717, 1.165) is 39.8 Å². The number of hydrogen-bond donors (Lipinski definition) is 1. The molecule has 2 bridgehead atoms. The highest BCUT2D eigenvalue weighted by Gasteiger charge is 2.37. The normalized spacial score (nSPS) is 18.5. The zero-order chi connectivity index (χ0) is 24.6. The third-order valence-electron chi connectivity index (χ3n) is 7.53. The van der Waals surface area contributed by atoms with Crippen LogP contribution < -0.4 is 15.6 Å². The molecule has 6 heteroatoms. The lowest BCUT2D eigenvalue weighted by Crippen LogP contribution is -2.49. The number of rotatable bonds is 5. The molecule has 0 saturated carbocycles. The summed E-state index contributed by atoms with van der Waals surface area (Å²) < 4.78 is 7.14. The van der Waals surface area contributed by atoms with Gasteiger partial charge in [0.25, 0.3) is 11.5 Å². The Hall–Kier alpha value is -4.06. The average molecular weight is 480 g/mol. The predicted molar refractivity (Wildman–Crippen MR) is 142 cm³/mol. The van der Waals surface area contributed by atoms with E-state index in [4.69, 9.17) is 4.74 Å². The molecule has 6 nitrogen and oxygen atoms in total. The van der Waals surface area contributed by atoms with Gasteiger partial charge in [-0.15, -0.1) is 0 Å². The van der Waals surface area contributed by atoms with Crippen molar-refractivity contribution in [2.24, 2.45) is 5.92 Å². The first kappa shape index (κ1) is 22.4. The monoisotopic (exact) mass is 479 g/mol. The number of fused-ring (bicyclic) bond motifs is 5. The van der Waals surface area contributed by atoms with Gasteiger partial charge >= 0.3 is 0 Å². The van der Waals surface area contributed by atoms with Crippen molar-refractivity contribution in [3.8, 4) is 5.75 Å². The van der Waals surface area contributed by atoms with Crippen LogP contribution in [0.15, 0.2) is 83.7 Å². The highest BCUT2D eigenvalue weighted by atomic mass is 16.5. The Kier molecular flexibility index (Phi) is 5.72. The SMILES string of the molecule is COc1ccc(CNc2ccc3n(c2=O)C[C@@H]2C[C@@H]3CN(C(=O)c3ccc4ccccc4c3)C2)cc1. The maximum Gasteiger partial charge on any atom is 0.274 e. The summed E-state index contributed by atoms with van der Waals surface area (Å²) in [7, 11) is 1.65. The van der Waals surface area contributed by atoms with Crippen LogP contribution in [-0.4, -0.2) is 35.6 Å². The minimum Gasteiger partial charge on any atom is -0.497 e. The molecule has 3 heterocycles. The van der Waals surface area contributed by atoms with Gasteiger partial charge in [-0.2, -0.15) is 0 Å². The van der Waals surface area contributed by atoms with Gasteiger partial charge in [0.15, 0.2) is 0 Å². The predicted octanol–water partition coefficient (Wildman–Crippen LogP) is 4.88. The van der Waals surface area contributed by atoms with Crippen molar-refractivity contribution in [3.05, 3.63) is 106 Å². The Labute approximate surface area is 210 Å². The van der Waals surface area contributed by atoms with Gasteiger partial charge in [0.2, 0.25) is 0 Å². The van der Waals surface area contributed by atoms with Gasteiger partial charge in [0.1, 0.15) is 11.4 Å². The van der Waals surface area contributed by atoms with Gasteiger partial charge in [-0.25, -0.2) is 0 Å². The standard InChI is InChI=1S/C30H29N3O3/c1-36-26-10-6-20(7-11-26)16-31-27-12-13-28-25-14-21(18-33(28)30(27)35)17-32(19-25)29(34)24-9-8-22-4-2-3-5-23(22)15-24/h2-13,15,21,25,31H,14,16-19H2,1H3/t21-,25-/m1/s1. The highest BCUT2D eigenvalue weighted by Crippen LogP contribution is 2.36. The Morgan fingerprint density at radius 3 is 2.56 bits per heavy atom. The molecule has 1 fully saturated rings. The molecular formula is C30H29N3O3. The van der Waals surface area contributed by atoms with E-state index >= 15 is 0 Å². The van der Waals surface area contributed by atoms with E-state index in [1.54, 1.807) is 7.11 Å². The van der Waals surface area contributed by atoms with Gasteiger partial charge in [-0.05, 0) is 65.1 Å². The molecule has 1 N–H and O–H groups in total. The number of hydrogen-bond acceptors (Lipinski definition) is 4. The number of amides is 1. The van der Waals surface area contributed by atoms with E-state index in [1.807, 2.05) is 76.2 Å². The molecule has 2 aliphatic heterocycles. The number of carbonyl (C=O) groups excluding carboxylic acids is 1. The number of nitrogens with zero attached hydrogens (tertiary/aromatic N) is 2. The maximum absolute atomic E-state index is 13.4. The largest absolute Gasteiger partial charge is 0.497 e. The number of nitrogens with one attached hydrogen (secondary N) is 1. The average Bonchev–Trinajstić information content (AvgIpc) is 2.92. The number of carbonyl (C=O) groups is 1. The molecule has 0 radical (unpaired) electrons. The van der Waals surface area contributed by atoms with E-state index in [0.29, 0.717) is 31.9 Å². The first-order valence-electron chi connectivity index (χ1n) is 12.5. The summed E-state index contributed by atoms with van der Waals surface area (Å²) in [6, 6.07) is 25.8. The Morgan fingerprint density at radius 2 is 1.75 bits per heavy atom. The van der Waals surface area contributed by atoms with Crippen molar-refractivity contribution >= 4 is 22.4 Å². The Bertz CT molecular complexity index is 1490. The van der Waals surface area contributed by atoms with Gasteiger partial charge in [0.05, 0.1) is 7.11 Å². The fraction of sp³-hybridized carbons (Fsp3) is 0.267. The van der Waals surface area contributed by atoms with Crippen LogP contribution in [0.5, 0.6) is 5.75 Å². The van der Waals surface area contributed by atoms with Crippen molar-refractivity contribution < 1.29 is 9.53 Å². The molecule has 36 heavy (non-hydrogen) atoms. The van der Waals surface area contributed by atoms with Crippen molar-refractivity contribution in [1.82, 2.24) is 9.47 Å². The van der Waals surface area contributed by atoms with E-state index in [9.17, 15) is 9.59 Å². The number of benzene rings is 3. The van der Waals surface area contributed by atoms with Crippen molar-refractivity contribution in [3.63, 3.8) is 0 Å².